The van der Waals surface area contributed by atoms with Crippen LogP contribution >= 0.6 is 0 Å². The molecular formula is C26H30O. The van der Waals surface area contributed by atoms with Crippen LogP contribution in [0.3, 0.4) is 0 Å². The van der Waals surface area contributed by atoms with Crippen LogP contribution in [0.2, 0.25) is 0 Å². The Balaban J connectivity index is 1.78. The van der Waals surface area contributed by atoms with Gasteiger partial charge in [-0.3, -0.25) is 0 Å². The Hall–Kier alpha value is -2.38. The molecule has 0 saturated heterocycles. The number of benzene rings is 3. The van der Waals surface area contributed by atoms with Gasteiger partial charge in [-0.1, -0.05) is 85.6 Å². The quantitative estimate of drug-likeness (QED) is 0.450. The second-order valence-electron chi connectivity index (χ2n) is 7.32. The molecular weight excluding hydrogens is 328 g/mol. The van der Waals surface area contributed by atoms with Crippen molar-refractivity contribution in [2.24, 2.45) is 0 Å². The molecule has 1 N–H and O–H groups in total. The van der Waals surface area contributed by atoms with Crippen LogP contribution in [-0.2, 0) is 12.8 Å². The van der Waals surface area contributed by atoms with E-state index in [4.69, 9.17) is 5.11 Å². The van der Waals surface area contributed by atoms with Gasteiger partial charge in [0.2, 0.25) is 0 Å². The third-order valence-corrected chi connectivity index (χ3v) is 5.26. The number of aliphatic hydroxyl groups is 1. The van der Waals surface area contributed by atoms with E-state index in [2.05, 4.69) is 80.6 Å². The van der Waals surface area contributed by atoms with Gasteiger partial charge in [0.05, 0.1) is 0 Å². The molecule has 0 heterocycles. The van der Waals surface area contributed by atoms with Crippen molar-refractivity contribution in [1.29, 1.82) is 0 Å². The smallest absolute Gasteiger partial charge is 0.0431 e. The van der Waals surface area contributed by atoms with Crippen molar-refractivity contribution in [3.63, 3.8) is 0 Å². The van der Waals surface area contributed by atoms with E-state index < -0.39 is 0 Å². The van der Waals surface area contributed by atoms with E-state index in [0.717, 1.165) is 32.1 Å². The molecule has 0 fully saturated rings. The summed E-state index contributed by atoms with van der Waals surface area (Å²) in [7, 11) is 0. The highest BCUT2D eigenvalue weighted by molar-refractivity contribution is 5.74. The minimum atomic E-state index is 0.303. The van der Waals surface area contributed by atoms with Crippen molar-refractivity contribution >= 4 is 0 Å². The number of aryl methyl sites for hydroxylation is 3. The molecule has 3 rings (SSSR count). The second kappa shape index (κ2) is 9.53. The summed E-state index contributed by atoms with van der Waals surface area (Å²) in [5, 5.41) is 8.88. The van der Waals surface area contributed by atoms with Gasteiger partial charge in [-0.25, -0.2) is 0 Å². The van der Waals surface area contributed by atoms with E-state index in [0.29, 0.717) is 6.61 Å². The number of aliphatic hydroxyl groups excluding tert-OH is 1. The van der Waals surface area contributed by atoms with Crippen LogP contribution in [0, 0.1) is 6.92 Å². The predicted molar refractivity (Wildman–Crippen MR) is 116 cm³/mol. The molecule has 0 aromatic heterocycles. The van der Waals surface area contributed by atoms with Crippen molar-refractivity contribution in [3.8, 4) is 22.3 Å². The molecule has 3 aromatic rings. The molecule has 0 radical (unpaired) electrons. The molecule has 0 spiro atoms. The van der Waals surface area contributed by atoms with Crippen molar-refractivity contribution in [2.75, 3.05) is 6.61 Å². The molecule has 140 valence electrons. The van der Waals surface area contributed by atoms with Gasteiger partial charge in [-0.15, -0.1) is 0 Å². The average molecular weight is 359 g/mol. The topological polar surface area (TPSA) is 20.2 Å². The van der Waals surface area contributed by atoms with Crippen molar-refractivity contribution in [3.05, 3.63) is 83.4 Å². The van der Waals surface area contributed by atoms with Crippen LogP contribution in [0.5, 0.6) is 0 Å². The zero-order valence-electron chi connectivity index (χ0n) is 16.5. The van der Waals surface area contributed by atoms with E-state index >= 15 is 0 Å². The maximum Gasteiger partial charge on any atom is 0.0431 e. The summed E-state index contributed by atoms with van der Waals surface area (Å²) in [6.45, 7) is 4.66. The van der Waals surface area contributed by atoms with Gasteiger partial charge in [0.1, 0.15) is 0 Å². The molecule has 0 aliphatic carbocycles. The molecule has 0 aliphatic rings. The Morgan fingerprint density at radius 3 is 2.04 bits per heavy atom. The Morgan fingerprint density at radius 1 is 0.704 bits per heavy atom. The first-order valence-corrected chi connectivity index (χ1v) is 10.1. The molecule has 0 unspecified atom stereocenters. The van der Waals surface area contributed by atoms with E-state index in [9.17, 15) is 0 Å². The van der Waals surface area contributed by atoms with Crippen LogP contribution in [0.4, 0.5) is 0 Å². The van der Waals surface area contributed by atoms with E-state index in [-0.39, 0.29) is 0 Å². The van der Waals surface area contributed by atoms with Crippen LogP contribution in [0.1, 0.15) is 42.9 Å². The minimum Gasteiger partial charge on any atom is -0.396 e. The maximum atomic E-state index is 8.88. The third-order valence-electron chi connectivity index (χ3n) is 5.26. The summed E-state index contributed by atoms with van der Waals surface area (Å²) in [5.74, 6) is 0. The fraction of sp³-hybridized carbons (Fsp3) is 0.308. The average Bonchev–Trinajstić information content (AvgIpc) is 2.72. The first-order valence-electron chi connectivity index (χ1n) is 10.1. The number of hydrogen-bond donors (Lipinski definition) is 1. The molecule has 0 bridgehead atoms. The second-order valence-corrected chi connectivity index (χ2v) is 7.32. The molecule has 3 aromatic carbocycles. The Morgan fingerprint density at radius 2 is 1.37 bits per heavy atom. The Labute approximate surface area is 163 Å². The fourth-order valence-electron chi connectivity index (χ4n) is 3.56. The summed E-state index contributed by atoms with van der Waals surface area (Å²) in [4.78, 5) is 0. The number of hydrogen-bond acceptors (Lipinski definition) is 1. The molecule has 0 amide bonds. The monoisotopic (exact) mass is 358 g/mol. The first-order chi connectivity index (χ1) is 13.2. The summed E-state index contributed by atoms with van der Waals surface area (Å²) >= 11 is 0. The van der Waals surface area contributed by atoms with Crippen molar-refractivity contribution < 1.29 is 5.11 Å². The molecule has 0 atom stereocenters. The van der Waals surface area contributed by atoms with Gasteiger partial charge in [0, 0.05) is 6.61 Å². The minimum absolute atomic E-state index is 0.303. The van der Waals surface area contributed by atoms with Gasteiger partial charge in [0.15, 0.2) is 0 Å². The lowest BCUT2D eigenvalue weighted by Crippen LogP contribution is -1.91. The molecule has 1 heteroatoms. The highest BCUT2D eigenvalue weighted by Gasteiger charge is 2.07. The highest BCUT2D eigenvalue weighted by atomic mass is 16.2. The van der Waals surface area contributed by atoms with E-state index in [1.54, 1.807) is 0 Å². The standard InChI is InChI=1S/C26H30O/c1-3-22-19-25(23-12-8-20(2)9-13-23)16-17-26(22)24-14-10-21(11-15-24)7-5-4-6-18-27/h8-17,19,27H,3-7,18H2,1-2H3. The lowest BCUT2D eigenvalue weighted by molar-refractivity contribution is 0.283. The molecule has 1 nitrogen and oxygen atoms in total. The highest BCUT2D eigenvalue weighted by Crippen LogP contribution is 2.30. The van der Waals surface area contributed by atoms with Crippen LogP contribution < -0.4 is 0 Å². The zero-order valence-corrected chi connectivity index (χ0v) is 16.5. The van der Waals surface area contributed by atoms with Crippen molar-refractivity contribution in [1.82, 2.24) is 0 Å². The largest absolute Gasteiger partial charge is 0.396 e. The first kappa shape index (κ1) is 19.4. The Bertz CT molecular complexity index is 844. The summed E-state index contributed by atoms with van der Waals surface area (Å²) < 4.78 is 0. The zero-order chi connectivity index (χ0) is 19.1. The summed E-state index contributed by atoms with van der Waals surface area (Å²) in [6, 6.07) is 24.6. The normalized spacial score (nSPS) is 10.9. The van der Waals surface area contributed by atoms with Crippen LogP contribution in [0.25, 0.3) is 22.3 Å². The Kier molecular flexibility index (Phi) is 6.84. The van der Waals surface area contributed by atoms with Crippen molar-refractivity contribution in [2.45, 2.75) is 46.0 Å². The summed E-state index contributed by atoms with van der Waals surface area (Å²) in [6.07, 6.45) is 5.26. The van der Waals surface area contributed by atoms with Gasteiger partial charge < -0.3 is 5.11 Å². The number of rotatable bonds is 8. The predicted octanol–water partition coefficient (Wildman–Crippen LogP) is 6.60. The third kappa shape index (κ3) is 5.08. The fourth-order valence-corrected chi connectivity index (χ4v) is 3.56. The molecule has 27 heavy (non-hydrogen) atoms. The van der Waals surface area contributed by atoms with Crippen LogP contribution in [-0.4, -0.2) is 11.7 Å². The van der Waals surface area contributed by atoms with E-state index in [1.807, 2.05) is 0 Å². The van der Waals surface area contributed by atoms with Gasteiger partial charge in [-0.05, 0) is 66.0 Å². The van der Waals surface area contributed by atoms with Gasteiger partial charge in [0.25, 0.3) is 0 Å². The maximum absolute atomic E-state index is 8.88. The van der Waals surface area contributed by atoms with E-state index in [1.165, 1.54) is 38.9 Å². The SMILES string of the molecule is CCc1cc(-c2ccc(C)cc2)ccc1-c1ccc(CCCCCO)cc1. The lowest BCUT2D eigenvalue weighted by atomic mass is 9.93. The summed E-state index contributed by atoms with van der Waals surface area (Å²) in [5.41, 5.74) is 9.26. The van der Waals surface area contributed by atoms with Crippen LogP contribution in [0.15, 0.2) is 66.7 Å². The van der Waals surface area contributed by atoms with Gasteiger partial charge in [-0.2, -0.15) is 0 Å². The lowest BCUT2D eigenvalue weighted by Gasteiger charge is -2.12. The number of unbranched alkanes of at least 4 members (excludes halogenated alkanes) is 2. The molecule has 0 aliphatic heterocycles. The van der Waals surface area contributed by atoms with Gasteiger partial charge >= 0.3 is 0 Å². The molecule has 0 saturated carbocycles.